The zero-order chi connectivity index (χ0) is 36.2. The van der Waals surface area contributed by atoms with Crippen molar-refractivity contribution >= 4 is 17.7 Å². The lowest BCUT2D eigenvalue weighted by atomic mass is 9.79. The molecule has 0 aliphatic carbocycles. The Labute approximate surface area is 303 Å². The van der Waals surface area contributed by atoms with Crippen molar-refractivity contribution in [1.29, 1.82) is 0 Å². The predicted octanol–water partition coefficient (Wildman–Crippen LogP) is 8.61. The summed E-state index contributed by atoms with van der Waals surface area (Å²) in [4.78, 5) is 24.5. The first-order valence-electron chi connectivity index (χ1n) is 17.5. The van der Waals surface area contributed by atoms with Gasteiger partial charge in [0.25, 0.3) is 5.56 Å². The molecule has 0 bridgehead atoms. The normalized spacial score (nSPS) is 11.5. The van der Waals surface area contributed by atoms with Gasteiger partial charge in [-0.05, 0) is 76.2 Å². The van der Waals surface area contributed by atoms with E-state index < -0.39 is 0 Å². The van der Waals surface area contributed by atoms with Gasteiger partial charge in [0.1, 0.15) is 11.5 Å². The van der Waals surface area contributed by atoms with E-state index in [1.807, 2.05) is 68.4 Å². The summed E-state index contributed by atoms with van der Waals surface area (Å²) in [7, 11) is 4.01. The third-order valence-electron chi connectivity index (χ3n) is 9.12. The molecule has 2 aromatic heterocycles. The molecule has 9 heteroatoms. The maximum Gasteiger partial charge on any atom is 0.259 e. The second-order valence-corrected chi connectivity index (χ2v) is 13.0. The van der Waals surface area contributed by atoms with Gasteiger partial charge in [0.2, 0.25) is 6.34 Å². The summed E-state index contributed by atoms with van der Waals surface area (Å²) in [6, 6.07) is 39.4. The second-order valence-electron chi connectivity index (χ2n) is 13.0. The van der Waals surface area contributed by atoms with E-state index in [-0.39, 0.29) is 5.56 Å². The molecule has 2 heterocycles. The zero-order valence-electron chi connectivity index (χ0n) is 30.1. The molecule has 0 radical (unpaired) electrons. The van der Waals surface area contributed by atoms with E-state index in [0.29, 0.717) is 34.8 Å². The average Bonchev–Trinajstić information content (AvgIpc) is 3.69. The first-order valence-corrected chi connectivity index (χ1v) is 17.5. The van der Waals surface area contributed by atoms with E-state index in [0.717, 1.165) is 62.4 Å². The number of para-hydroxylation sites is 1. The van der Waals surface area contributed by atoms with Gasteiger partial charge in [-0.15, -0.1) is 5.10 Å². The molecule has 0 saturated heterocycles. The summed E-state index contributed by atoms with van der Waals surface area (Å²) in [5, 5.41) is 15.9. The van der Waals surface area contributed by atoms with E-state index in [1.54, 1.807) is 0 Å². The first kappa shape index (κ1) is 34.0. The third-order valence-corrected chi connectivity index (χ3v) is 9.12. The number of aromatic amines is 2. The molecule has 0 aliphatic heterocycles. The Morgan fingerprint density at radius 2 is 1.33 bits per heavy atom. The first-order chi connectivity index (χ1) is 25.4. The highest BCUT2D eigenvalue weighted by molar-refractivity contribution is 6.09. The lowest BCUT2D eigenvalue weighted by molar-refractivity contribution is 0.631. The van der Waals surface area contributed by atoms with Crippen LogP contribution in [0.5, 0.6) is 0 Å². The molecule has 0 saturated carbocycles. The molecule has 0 unspecified atom stereocenters. The van der Waals surface area contributed by atoms with Gasteiger partial charge in [-0.3, -0.25) is 9.69 Å². The molecule has 9 nitrogen and oxygen atoms in total. The molecule has 5 aromatic carbocycles. The third kappa shape index (κ3) is 6.44. The van der Waals surface area contributed by atoms with Crippen LogP contribution in [0.2, 0.25) is 0 Å². The van der Waals surface area contributed by atoms with Crippen molar-refractivity contribution in [2.45, 2.75) is 33.6 Å². The van der Waals surface area contributed by atoms with Gasteiger partial charge < -0.3 is 4.98 Å². The van der Waals surface area contributed by atoms with Gasteiger partial charge in [0, 0.05) is 11.1 Å². The Morgan fingerprint density at radius 1 is 0.712 bits per heavy atom. The molecule has 52 heavy (non-hydrogen) atoms. The summed E-state index contributed by atoms with van der Waals surface area (Å²) in [5.74, 6) is 0.995. The number of hydrogen-bond donors (Lipinski definition) is 2. The SMILES string of the molecule is CCCc1nc(C)[nH]c(=O)c1-c1c(-c2ccccc2)c(C)c(-c2ccccc2-c2ccccc2)c([N+](=CN(C)C)c2ccccc2)c1-c1nnn[nH]1. The number of benzene rings is 5. The molecule has 0 spiro atoms. The van der Waals surface area contributed by atoms with Crippen molar-refractivity contribution in [2.75, 3.05) is 14.1 Å². The minimum absolute atomic E-state index is 0.215. The highest BCUT2D eigenvalue weighted by atomic mass is 16.1. The van der Waals surface area contributed by atoms with Gasteiger partial charge >= 0.3 is 0 Å². The van der Waals surface area contributed by atoms with Crippen LogP contribution in [0.15, 0.2) is 120 Å². The van der Waals surface area contributed by atoms with Crippen molar-refractivity contribution < 1.29 is 0 Å². The van der Waals surface area contributed by atoms with Crippen LogP contribution in [-0.2, 0) is 6.42 Å². The number of nitrogens with one attached hydrogen (secondary N) is 2. The van der Waals surface area contributed by atoms with Crippen molar-refractivity contribution in [3.05, 3.63) is 143 Å². The summed E-state index contributed by atoms with van der Waals surface area (Å²) in [5.41, 5.74) is 11.2. The van der Waals surface area contributed by atoms with Crippen molar-refractivity contribution in [2.24, 2.45) is 0 Å². The van der Waals surface area contributed by atoms with Crippen LogP contribution < -0.4 is 10.1 Å². The van der Waals surface area contributed by atoms with Gasteiger partial charge in [0.05, 0.1) is 30.9 Å². The summed E-state index contributed by atoms with van der Waals surface area (Å²) >= 11 is 0. The second kappa shape index (κ2) is 14.8. The number of rotatable bonds is 10. The molecular weight excluding hydrogens is 645 g/mol. The molecule has 0 atom stereocenters. The summed E-state index contributed by atoms with van der Waals surface area (Å²) < 4.78 is 2.18. The van der Waals surface area contributed by atoms with Crippen molar-refractivity contribution in [1.82, 2.24) is 40.1 Å². The quantitative estimate of drug-likeness (QED) is 0.0849. The van der Waals surface area contributed by atoms with Gasteiger partial charge in [-0.2, -0.15) is 4.58 Å². The Balaban J connectivity index is 1.80. The number of tetrazole rings is 1. The number of aryl methyl sites for hydroxylation is 2. The van der Waals surface area contributed by atoms with Crippen LogP contribution in [0.1, 0.15) is 30.4 Å². The van der Waals surface area contributed by atoms with Crippen LogP contribution in [0.25, 0.3) is 55.9 Å². The number of H-pyrrole nitrogens is 2. The van der Waals surface area contributed by atoms with Gasteiger partial charge in [-0.25, -0.2) is 10.1 Å². The molecule has 2 N–H and O–H groups in total. The van der Waals surface area contributed by atoms with E-state index in [9.17, 15) is 4.79 Å². The van der Waals surface area contributed by atoms with E-state index in [1.165, 1.54) is 0 Å². The maximum atomic E-state index is 14.5. The van der Waals surface area contributed by atoms with E-state index >= 15 is 0 Å². The maximum absolute atomic E-state index is 14.5. The molecule has 0 amide bonds. The molecular formula is C43H41N8O+. The van der Waals surface area contributed by atoms with Crippen LogP contribution in [-0.4, -0.2) is 55.9 Å². The van der Waals surface area contributed by atoms with Gasteiger partial charge in [0.15, 0.2) is 11.5 Å². The zero-order valence-corrected chi connectivity index (χ0v) is 30.1. The lowest BCUT2D eigenvalue weighted by Gasteiger charge is -2.26. The number of nitrogens with zero attached hydrogens (tertiary/aromatic N) is 6. The van der Waals surface area contributed by atoms with Crippen LogP contribution >= 0.6 is 0 Å². The monoisotopic (exact) mass is 685 g/mol. The average molecular weight is 686 g/mol. The fourth-order valence-corrected chi connectivity index (χ4v) is 7.10. The van der Waals surface area contributed by atoms with Crippen LogP contribution in [0.4, 0.5) is 11.4 Å². The fraction of sp³-hybridized carbons (Fsp3) is 0.163. The van der Waals surface area contributed by atoms with Gasteiger partial charge in [-0.1, -0.05) is 116 Å². The van der Waals surface area contributed by atoms with E-state index in [4.69, 9.17) is 4.98 Å². The fourth-order valence-electron chi connectivity index (χ4n) is 7.10. The highest BCUT2D eigenvalue weighted by Gasteiger charge is 2.35. The minimum atomic E-state index is -0.215. The Bertz CT molecular complexity index is 2420. The molecule has 258 valence electrons. The number of hydrogen-bond acceptors (Lipinski definition) is 5. The molecule has 7 rings (SSSR count). The highest BCUT2D eigenvalue weighted by Crippen LogP contribution is 2.53. The Morgan fingerprint density at radius 3 is 1.94 bits per heavy atom. The van der Waals surface area contributed by atoms with Crippen molar-refractivity contribution in [3.63, 3.8) is 0 Å². The van der Waals surface area contributed by atoms with Crippen LogP contribution in [0.3, 0.4) is 0 Å². The summed E-state index contributed by atoms with van der Waals surface area (Å²) in [6.45, 7) is 6.08. The molecule has 0 fully saturated rings. The Hall–Kier alpha value is -6.48. The number of aromatic nitrogens is 6. The molecule has 7 aromatic rings. The topological polar surface area (TPSA) is 106 Å². The lowest BCUT2D eigenvalue weighted by Crippen LogP contribution is -2.22. The smallest absolute Gasteiger partial charge is 0.259 e. The predicted molar refractivity (Wildman–Crippen MR) is 211 cm³/mol. The standard InChI is InChI=1S/C43H40N8O/c1-6-18-35-38(43(52)45-29(3)44-35)39-36(31-21-12-8-13-22-31)28(2)37(34-26-17-16-25-33(34)30-19-10-7-11-20-30)41(40(39)42-46-48-49-47-42)51(27-50(4)5)32-23-14-9-15-24-32/h7-17,19-27H,6,18H2,1-5H3,(H-,44,45,46,47,48,49,52)/p+1. The largest absolute Gasteiger partial charge is 0.310 e. The Kier molecular flexibility index (Phi) is 9.66. The minimum Gasteiger partial charge on any atom is -0.310 e. The van der Waals surface area contributed by atoms with E-state index in [2.05, 4.69) is 123 Å². The summed E-state index contributed by atoms with van der Waals surface area (Å²) in [6.07, 6.45) is 3.48. The van der Waals surface area contributed by atoms with Crippen molar-refractivity contribution in [3.8, 4) is 55.9 Å². The molecule has 0 aliphatic rings. The van der Waals surface area contributed by atoms with Crippen LogP contribution in [0, 0.1) is 13.8 Å².